The average molecular weight is 488 g/mol. The normalized spacial score (nSPS) is 14.4. The van der Waals surface area contributed by atoms with Gasteiger partial charge in [-0.05, 0) is 57.7 Å². The number of amides is 1. The molecule has 2 heterocycles. The van der Waals surface area contributed by atoms with E-state index in [1.807, 2.05) is 31.1 Å². The molecule has 3 rings (SSSR count). The van der Waals surface area contributed by atoms with Crippen molar-refractivity contribution >= 4 is 29.2 Å². The molecule has 33 heavy (non-hydrogen) atoms. The third kappa shape index (κ3) is 8.60. The van der Waals surface area contributed by atoms with Crippen LogP contribution in [0.5, 0.6) is 0 Å². The van der Waals surface area contributed by atoms with E-state index in [9.17, 15) is 18.0 Å². The van der Waals surface area contributed by atoms with Gasteiger partial charge in [-0.15, -0.1) is 0 Å². The summed E-state index contributed by atoms with van der Waals surface area (Å²) in [6, 6.07) is 5.55. The van der Waals surface area contributed by atoms with E-state index < -0.39 is 12.1 Å². The number of hydrogen-bond donors (Lipinski definition) is 3. The number of rotatable bonds is 5. The number of halogens is 4. The number of piperidine rings is 1. The third-order valence-corrected chi connectivity index (χ3v) is 5.03. The minimum Gasteiger partial charge on any atom is -0.475 e. The molecule has 1 aromatic heterocycles. The first-order valence-corrected chi connectivity index (χ1v) is 10.4. The van der Waals surface area contributed by atoms with Crippen LogP contribution in [0.3, 0.4) is 0 Å². The van der Waals surface area contributed by atoms with Crippen molar-refractivity contribution in [1.29, 1.82) is 0 Å². The number of aliphatic carboxylic acids is 1. The first kappa shape index (κ1) is 26.5. The van der Waals surface area contributed by atoms with Gasteiger partial charge in [0.05, 0.1) is 5.56 Å². The first-order valence-electron chi connectivity index (χ1n) is 10.0. The van der Waals surface area contributed by atoms with Gasteiger partial charge in [-0.1, -0.05) is 17.7 Å². The van der Waals surface area contributed by atoms with Crippen molar-refractivity contribution < 1.29 is 27.9 Å². The molecule has 180 valence electrons. The van der Waals surface area contributed by atoms with Crippen LogP contribution in [0.2, 0.25) is 5.02 Å². The van der Waals surface area contributed by atoms with Crippen LogP contribution in [0.15, 0.2) is 30.6 Å². The quantitative estimate of drug-likeness (QED) is 0.592. The van der Waals surface area contributed by atoms with E-state index in [0.717, 1.165) is 43.9 Å². The van der Waals surface area contributed by atoms with Gasteiger partial charge >= 0.3 is 12.1 Å². The lowest BCUT2D eigenvalue weighted by molar-refractivity contribution is -0.192. The van der Waals surface area contributed by atoms with Crippen molar-refractivity contribution in [2.45, 2.75) is 31.5 Å². The van der Waals surface area contributed by atoms with Crippen LogP contribution in [0, 0.1) is 0 Å². The Morgan fingerprint density at radius 1 is 1.21 bits per heavy atom. The SMILES string of the molecule is CN(C)Cc1ccc(NC(=O)c2cnc(C3CCNCC3)nc2)cc1Cl.O=C(O)C(F)(F)F. The molecule has 1 fully saturated rings. The summed E-state index contributed by atoms with van der Waals surface area (Å²) < 4.78 is 31.7. The van der Waals surface area contributed by atoms with Crippen molar-refractivity contribution in [2.24, 2.45) is 0 Å². The number of nitrogens with one attached hydrogen (secondary N) is 2. The Bertz CT molecular complexity index is 949. The molecule has 1 amide bonds. The van der Waals surface area contributed by atoms with Crippen LogP contribution in [0.4, 0.5) is 18.9 Å². The minimum absolute atomic E-state index is 0.238. The minimum atomic E-state index is -5.08. The summed E-state index contributed by atoms with van der Waals surface area (Å²) in [5, 5.41) is 13.9. The Balaban J connectivity index is 0.000000479. The highest BCUT2D eigenvalue weighted by Crippen LogP contribution is 2.23. The Morgan fingerprint density at radius 2 is 1.79 bits per heavy atom. The second-order valence-electron chi connectivity index (χ2n) is 7.66. The molecule has 2 aromatic rings. The van der Waals surface area contributed by atoms with Crippen LogP contribution >= 0.6 is 11.6 Å². The van der Waals surface area contributed by atoms with E-state index in [-0.39, 0.29) is 5.91 Å². The van der Waals surface area contributed by atoms with Gasteiger partial charge in [-0.25, -0.2) is 14.8 Å². The number of carbonyl (C=O) groups is 2. The fraction of sp³-hybridized carbons (Fsp3) is 0.429. The average Bonchev–Trinajstić information content (AvgIpc) is 2.76. The topological polar surface area (TPSA) is 107 Å². The maximum absolute atomic E-state index is 12.4. The summed E-state index contributed by atoms with van der Waals surface area (Å²) in [7, 11) is 3.97. The van der Waals surface area contributed by atoms with Crippen LogP contribution in [-0.4, -0.2) is 65.2 Å². The van der Waals surface area contributed by atoms with Gasteiger partial charge in [-0.3, -0.25) is 4.79 Å². The lowest BCUT2D eigenvalue weighted by Gasteiger charge is -2.21. The molecular formula is C21H25ClF3N5O3. The molecule has 1 aliphatic rings. The van der Waals surface area contributed by atoms with Gasteiger partial charge in [0.25, 0.3) is 5.91 Å². The monoisotopic (exact) mass is 487 g/mol. The predicted octanol–water partition coefficient (Wildman–Crippen LogP) is 3.54. The molecule has 0 aliphatic carbocycles. The fourth-order valence-electron chi connectivity index (χ4n) is 3.04. The van der Waals surface area contributed by atoms with Gasteiger partial charge in [0.15, 0.2) is 0 Å². The first-order chi connectivity index (χ1) is 15.5. The molecular weight excluding hydrogens is 463 g/mol. The Morgan fingerprint density at radius 3 is 2.27 bits per heavy atom. The maximum Gasteiger partial charge on any atom is 0.490 e. The van der Waals surface area contributed by atoms with Crippen LogP contribution in [0.25, 0.3) is 0 Å². The Labute approximate surface area is 194 Å². The number of aromatic nitrogens is 2. The molecule has 1 aliphatic heterocycles. The van der Waals surface area contributed by atoms with Crippen molar-refractivity contribution in [2.75, 3.05) is 32.5 Å². The van der Waals surface area contributed by atoms with Crippen molar-refractivity contribution in [3.63, 3.8) is 0 Å². The van der Waals surface area contributed by atoms with E-state index >= 15 is 0 Å². The zero-order valence-corrected chi connectivity index (χ0v) is 18.9. The molecule has 0 unspecified atom stereocenters. The maximum atomic E-state index is 12.4. The number of alkyl halides is 3. The molecule has 1 saturated heterocycles. The zero-order chi connectivity index (χ0) is 24.6. The molecule has 3 N–H and O–H groups in total. The van der Waals surface area contributed by atoms with Gasteiger partial charge in [0.2, 0.25) is 0 Å². The number of hydrogen-bond acceptors (Lipinski definition) is 6. The molecule has 0 spiro atoms. The van der Waals surface area contributed by atoms with E-state index in [0.29, 0.717) is 22.2 Å². The number of carbonyl (C=O) groups excluding carboxylic acids is 1. The number of nitrogens with zero attached hydrogens (tertiary/aromatic N) is 3. The largest absolute Gasteiger partial charge is 0.490 e. The van der Waals surface area contributed by atoms with Gasteiger partial charge < -0.3 is 20.6 Å². The molecule has 0 bridgehead atoms. The number of benzene rings is 1. The third-order valence-electron chi connectivity index (χ3n) is 4.68. The molecule has 0 radical (unpaired) electrons. The lowest BCUT2D eigenvalue weighted by atomic mass is 9.97. The molecule has 12 heteroatoms. The molecule has 1 aromatic carbocycles. The summed E-state index contributed by atoms with van der Waals surface area (Å²) in [5.74, 6) is -1.80. The van der Waals surface area contributed by atoms with E-state index in [2.05, 4.69) is 20.6 Å². The number of anilines is 1. The van der Waals surface area contributed by atoms with Gasteiger partial charge in [0.1, 0.15) is 5.82 Å². The Hall–Kier alpha value is -2.76. The van der Waals surface area contributed by atoms with E-state index in [1.165, 1.54) is 0 Å². The number of carboxylic acid groups (broad SMARTS) is 1. The van der Waals surface area contributed by atoms with Gasteiger partial charge in [0, 0.05) is 35.6 Å². The molecule has 0 saturated carbocycles. The highest BCUT2D eigenvalue weighted by molar-refractivity contribution is 6.31. The lowest BCUT2D eigenvalue weighted by Crippen LogP contribution is -2.27. The van der Waals surface area contributed by atoms with Crippen molar-refractivity contribution in [1.82, 2.24) is 20.2 Å². The van der Waals surface area contributed by atoms with Crippen LogP contribution < -0.4 is 10.6 Å². The number of carboxylic acids is 1. The highest BCUT2D eigenvalue weighted by Gasteiger charge is 2.38. The van der Waals surface area contributed by atoms with Crippen molar-refractivity contribution in [3.05, 3.63) is 52.6 Å². The molecule has 0 atom stereocenters. The second kappa shape index (κ2) is 11.9. The van der Waals surface area contributed by atoms with Gasteiger partial charge in [-0.2, -0.15) is 13.2 Å². The highest BCUT2D eigenvalue weighted by atomic mass is 35.5. The second-order valence-corrected chi connectivity index (χ2v) is 8.06. The smallest absolute Gasteiger partial charge is 0.475 e. The summed E-state index contributed by atoms with van der Waals surface area (Å²) in [6.07, 6.45) is 0.177. The summed E-state index contributed by atoms with van der Waals surface area (Å²) in [5.41, 5.74) is 2.12. The zero-order valence-electron chi connectivity index (χ0n) is 18.1. The summed E-state index contributed by atoms with van der Waals surface area (Å²) in [4.78, 5) is 32.2. The van der Waals surface area contributed by atoms with E-state index in [4.69, 9.17) is 21.5 Å². The Kier molecular flexibility index (Phi) is 9.56. The fourth-order valence-corrected chi connectivity index (χ4v) is 3.28. The van der Waals surface area contributed by atoms with Crippen molar-refractivity contribution in [3.8, 4) is 0 Å². The standard InChI is InChI=1S/C19H24ClN5O.C2HF3O2/c1-25(2)12-14-3-4-16(9-17(14)20)24-19(26)15-10-22-18(23-11-15)13-5-7-21-8-6-13;3-2(4,5)1(6)7/h3-4,9-11,13,21H,5-8,12H2,1-2H3,(H,24,26);(H,6,7). The predicted molar refractivity (Wildman–Crippen MR) is 117 cm³/mol. The molecule has 8 nitrogen and oxygen atoms in total. The van der Waals surface area contributed by atoms with E-state index in [1.54, 1.807) is 18.5 Å². The summed E-state index contributed by atoms with van der Waals surface area (Å²) >= 11 is 6.30. The van der Waals surface area contributed by atoms with Crippen LogP contribution in [0.1, 0.15) is 40.5 Å². The van der Waals surface area contributed by atoms with Crippen LogP contribution in [-0.2, 0) is 11.3 Å². The summed E-state index contributed by atoms with van der Waals surface area (Å²) in [6.45, 7) is 2.72.